The summed E-state index contributed by atoms with van der Waals surface area (Å²) in [4.78, 5) is 4.50. The lowest BCUT2D eigenvalue weighted by molar-refractivity contribution is 0.631. The lowest BCUT2D eigenvalue weighted by Crippen LogP contribution is -1.98. The predicted octanol–water partition coefficient (Wildman–Crippen LogP) is 6.62. The van der Waals surface area contributed by atoms with E-state index < -0.39 is 0 Å². The molecule has 3 aromatic carbocycles. The van der Waals surface area contributed by atoms with Gasteiger partial charge in [-0.25, -0.2) is 9.37 Å². The molecule has 0 bridgehead atoms. The maximum Gasteiger partial charge on any atom is 0.144 e. The summed E-state index contributed by atoms with van der Waals surface area (Å²) in [5.74, 6) is 0.475. The number of rotatable bonds is 3. The number of para-hydroxylation sites is 1. The van der Waals surface area contributed by atoms with Gasteiger partial charge in [0.2, 0.25) is 0 Å². The minimum Gasteiger partial charge on any atom is -0.298 e. The normalized spacial score (nSPS) is 11.0. The van der Waals surface area contributed by atoms with E-state index in [4.69, 9.17) is 11.6 Å². The van der Waals surface area contributed by atoms with E-state index in [-0.39, 0.29) is 5.82 Å². The quantitative estimate of drug-likeness (QED) is 0.393. The molecule has 0 amide bonds. The zero-order valence-corrected chi connectivity index (χ0v) is 15.8. The van der Waals surface area contributed by atoms with Crippen molar-refractivity contribution in [2.75, 3.05) is 0 Å². The molecule has 0 saturated heterocycles. The third kappa shape index (κ3) is 3.15. The Balaban J connectivity index is 1.89. The van der Waals surface area contributed by atoms with E-state index in [1.807, 2.05) is 73.1 Å². The van der Waals surface area contributed by atoms with Crippen LogP contribution < -0.4 is 0 Å². The van der Waals surface area contributed by atoms with Crippen molar-refractivity contribution < 1.29 is 4.39 Å². The van der Waals surface area contributed by atoms with Gasteiger partial charge in [0.05, 0.1) is 10.7 Å². The summed E-state index contributed by atoms with van der Waals surface area (Å²) in [5, 5.41) is 0.633. The van der Waals surface area contributed by atoms with Gasteiger partial charge in [-0.15, -0.1) is 0 Å². The van der Waals surface area contributed by atoms with E-state index >= 15 is 0 Å². The number of aryl methyl sites for hydroxylation is 2. The number of aromatic nitrogens is 2. The van der Waals surface area contributed by atoms with Gasteiger partial charge in [-0.3, -0.25) is 4.57 Å². The first-order chi connectivity index (χ1) is 13.1. The lowest BCUT2D eigenvalue weighted by Gasteiger charge is -2.14. The van der Waals surface area contributed by atoms with Crippen LogP contribution in [0.4, 0.5) is 4.39 Å². The molecule has 1 heterocycles. The Morgan fingerprint density at radius 1 is 0.926 bits per heavy atom. The monoisotopic (exact) mass is 376 g/mol. The average Bonchev–Trinajstić information content (AvgIpc) is 3.13. The lowest BCUT2D eigenvalue weighted by atomic mass is 9.94. The van der Waals surface area contributed by atoms with E-state index in [0.717, 1.165) is 33.8 Å². The summed E-state index contributed by atoms with van der Waals surface area (Å²) in [6.45, 7) is 4.00. The first-order valence-corrected chi connectivity index (χ1v) is 9.09. The highest BCUT2D eigenvalue weighted by atomic mass is 35.5. The fourth-order valence-electron chi connectivity index (χ4n) is 3.45. The summed E-state index contributed by atoms with van der Waals surface area (Å²) < 4.78 is 16.6. The fraction of sp³-hybridized carbons (Fsp3) is 0.0870. The van der Waals surface area contributed by atoms with Crippen LogP contribution in [0.3, 0.4) is 0 Å². The molecule has 4 rings (SSSR count). The second-order valence-corrected chi connectivity index (χ2v) is 6.94. The Kier molecular flexibility index (Phi) is 4.54. The molecule has 1 aromatic heterocycles. The Bertz CT molecular complexity index is 1110. The van der Waals surface area contributed by atoms with Crippen LogP contribution in [-0.2, 0) is 0 Å². The van der Waals surface area contributed by atoms with Crippen LogP contribution in [-0.4, -0.2) is 9.55 Å². The third-order valence-corrected chi connectivity index (χ3v) is 5.05. The van der Waals surface area contributed by atoms with Crippen LogP contribution in [0.2, 0.25) is 5.02 Å². The standard InChI is InChI=1S/C23H18ClFN2/c1-15-6-5-7-16(2)22(15)18-14-17(10-11-20(18)25)23-26-12-13-27(23)21-9-4-3-8-19(21)24/h3-14H,1-2H3. The molecule has 0 unspecified atom stereocenters. The molecule has 134 valence electrons. The number of benzene rings is 3. The van der Waals surface area contributed by atoms with Crippen molar-refractivity contribution in [1.82, 2.24) is 9.55 Å². The van der Waals surface area contributed by atoms with Gasteiger partial charge in [0.25, 0.3) is 0 Å². The summed E-state index contributed by atoms with van der Waals surface area (Å²) in [6.07, 6.45) is 3.58. The average molecular weight is 377 g/mol. The molecule has 0 fully saturated rings. The largest absolute Gasteiger partial charge is 0.298 e. The zero-order valence-electron chi connectivity index (χ0n) is 15.1. The third-order valence-electron chi connectivity index (χ3n) is 4.73. The molecule has 2 nitrogen and oxygen atoms in total. The van der Waals surface area contributed by atoms with E-state index in [0.29, 0.717) is 10.6 Å². The van der Waals surface area contributed by atoms with E-state index in [9.17, 15) is 4.39 Å². The fourth-order valence-corrected chi connectivity index (χ4v) is 3.68. The van der Waals surface area contributed by atoms with Crippen molar-refractivity contribution in [3.63, 3.8) is 0 Å². The summed E-state index contributed by atoms with van der Waals surface area (Å²) >= 11 is 6.36. The highest BCUT2D eigenvalue weighted by Gasteiger charge is 2.15. The van der Waals surface area contributed by atoms with E-state index in [2.05, 4.69) is 4.98 Å². The maximum atomic E-state index is 14.7. The van der Waals surface area contributed by atoms with Crippen LogP contribution in [0.1, 0.15) is 11.1 Å². The molecule has 0 aliphatic heterocycles. The number of hydrogen-bond donors (Lipinski definition) is 0. The van der Waals surface area contributed by atoms with Crippen molar-refractivity contribution in [2.24, 2.45) is 0 Å². The zero-order chi connectivity index (χ0) is 19.0. The summed E-state index contributed by atoms with van der Waals surface area (Å²) in [7, 11) is 0. The van der Waals surface area contributed by atoms with Crippen molar-refractivity contribution in [3.8, 4) is 28.2 Å². The van der Waals surface area contributed by atoms with Crippen LogP contribution in [0, 0.1) is 19.7 Å². The Morgan fingerprint density at radius 3 is 2.41 bits per heavy atom. The molecule has 0 N–H and O–H groups in total. The maximum absolute atomic E-state index is 14.7. The molecule has 0 atom stereocenters. The summed E-state index contributed by atoms with van der Waals surface area (Å²) in [5.41, 5.74) is 5.26. The molecule has 27 heavy (non-hydrogen) atoms. The van der Waals surface area contributed by atoms with E-state index in [1.165, 1.54) is 6.07 Å². The van der Waals surface area contributed by atoms with Gasteiger partial charge in [0.1, 0.15) is 11.6 Å². The molecular weight excluding hydrogens is 359 g/mol. The molecule has 0 aliphatic rings. The van der Waals surface area contributed by atoms with Gasteiger partial charge in [0.15, 0.2) is 0 Å². The molecule has 4 heteroatoms. The van der Waals surface area contributed by atoms with Crippen LogP contribution in [0.25, 0.3) is 28.2 Å². The predicted molar refractivity (Wildman–Crippen MR) is 109 cm³/mol. The second kappa shape index (κ2) is 7.01. The molecule has 4 aromatic rings. The van der Waals surface area contributed by atoms with Crippen molar-refractivity contribution in [1.29, 1.82) is 0 Å². The van der Waals surface area contributed by atoms with Gasteiger partial charge in [0, 0.05) is 23.5 Å². The van der Waals surface area contributed by atoms with Gasteiger partial charge in [-0.05, 0) is 60.9 Å². The van der Waals surface area contributed by atoms with Crippen molar-refractivity contribution >= 4 is 11.6 Å². The minimum absolute atomic E-state index is 0.244. The first-order valence-electron chi connectivity index (χ1n) is 8.71. The Morgan fingerprint density at radius 2 is 1.67 bits per heavy atom. The summed E-state index contributed by atoms with van der Waals surface area (Å²) in [6, 6.07) is 18.7. The van der Waals surface area contributed by atoms with E-state index in [1.54, 1.807) is 12.3 Å². The van der Waals surface area contributed by atoms with Gasteiger partial charge >= 0.3 is 0 Å². The SMILES string of the molecule is Cc1cccc(C)c1-c1cc(-c2nccn2-c2ccccc2Cl)ccc1F. The topological polar surface area (TPSA) is 17.8 Å². The molecule has 0 saturated carbocycles. The molecule has 0 radical (unpaired) electrons. The Hall–Kier alpha value is -2.91. The number of halogens is 2. The second-order valence-electron chi connectivity index (χ2n) is 6.53. The molecule has 0 spiro atoms. The molecule has 0 aliphatic carbocycles. The Labute approximate surface area is 162 Å². The van der Waals surface area contributed by atoms with Crippen molar-refractivity contribution in [3.05, 3.63) is 95.0 Å². The first kappa shape index (κ1) is 17.5. The smallest absolute Gasteiger partial charge is 0.144 e. The van der Waals surface area contributed by atoms with Gasteiger partial charge in [-0.2, -0.15) is 0 Å². The van der Waals surface area contributed by atoms with Crippen molar-refractivity contribution in [2.45, 2.75) is 13.8 Å². The van der Waals surface area contributed by atoms with Crippen LogP contribution >= 0.6 is 11.6 Å². The molecular formula is C23H18ClFN2. The number of hydrogen-bond acceptors (Lipinski definition) is 1. The number of imidazole rings is 1. The van der Waals surface area contributed by atoms with Crippen LogP contribution in [0.15, 0.2) is 73.1 Å². The number of nitrogens with zero attached hydrogens (tertiary/aromatic N) is 2. The minimum atomic E-state index is -0.244. The van der Waals surface area contributed by atoms with Gasteiger partial charge in [-0.1, -0.05) is 41.9 Å². The highest BCUT2D eigenvalue weighted by molar-refractivity contribution is 6.32. The van der Waals surface area contributed by atoms with Gasteiger partial charge < -0.3 is 0 Å². The highest BCUT2D eigenvalue weighted by Crippen LogP contribution is 2.33. The van der Waals surface area contributed by atoms with Crippen LogP contribution in [0.5, 0.6) is 0 Å².